The molecular formula is C7H10O. The molecule has 1 aliphatic heterocycles. The van der Waals surface area contributed by atoms with Gasteiger partial charge in [-0.15, -0.1) is 0 Å². The molecule has 8 heavy (non-hydrogen) atoms. The third-order valence-corrected chi connectivity index (χ3v) is 2.06. The SMILES string of the molecule is C[C@]12CCC=C[C@H]1O2. The number of rotatable bonds is 0. The van der Waals surface area contributed by atoms with Crippen LogP contribution in [0.15, 0.2) is 12.2 Å². The van der Waals surface area contributed by atoms with Crippen molar-refractivity contribution < 1.29 is 4.74 Å². The van der Waals surface area contributed by atoms with Crippen LogP contribution in [0.1, 0.15) is 19.8 Å². The molecular weight excluding hydrogens is 100 g/mol. The molecule has 0 spiro atoms. The molecule has 1 saturated heterocycles. The van der Waals surface area contributed by atoms with E-state index in [1.54, 1.807) is 0 Å². The van der Waals surface area contributed by atoms with Gasteiger partial charge in [-0.2, -0.15) is 0 Å². The van der Waals surface area contributed by atoms with E-state index in [1.807, 2.05) is 0 Å². The summed E-state index contributed by atoms with van der Waals surface area (Å²) in [5.74, 6) is 0. The van der Waals surface area contributed by atoms with E-state index >= 15 is 0 Å². The zero-order valence-corrected chi connectivity index (χ0v) is 5.05. The van der Waals surface area contributed by atoms with Crippen molar-refractivity contribution in [2.24, 2.45) is 0 Å². The number of epoxide rings is 1. The smallest absolute Gasteiger partial charge is 0.105 e. The van der Waals surface area contributed by atoms with Gasteiger partial charge in [0.05, 0.1) is 5.60 Å². The third kappa shape index (κ3) is 0.451. The lowest BCUT2D eigenvalue weighted by molar-refractivity contribution is 0.307. The van der Waals surface area contributed by atoms with Gasteiger partial charge in [0.15, 0.2) is 0 Å². The third-order valence-electron chi connectivity index (χ3n) is 2.06. The number of ether oxygens (including phenoxy) is 1. The van der Waals surface area contributed by atoms with Crippen molar-refractivity contribution in [1.82, 2.24) is 0 Å². The summed E-state index contributed by atoms with van der Waals surface area (Å²) < 4.78 is 5.38. The quantitative estimate of drug-likeness (QED) is 0.340. The molecule has 0 aromatic rings. The molecule has 2 atom stereocenters. The van der Waals surface area contributed by atoms with E-state index in [4.69, 9.17) is 4.74 Å². The van der Waals surface area contributed by atoms with E-state index in [2.05, 4.69) is 19.1 Å². The summed E-state index contributed by atoms with van der Waals surface area (Å²) in [5, 5.41) is 0. The Labute approximate surface area is 49.3 Å². The molecule has 1 nitrogen and oxygen atoms in total. The standard InChI is InChI=1S/C7H10O/c1-7-5-3-2-4-6(7)8-7/h2,4,6H,3,5H2,1H3/t6-,7+/m1/s1. The lowest BCUT2D eigenvalue weighted by Crippen LogP contribution is -2.10. The highest BCUT2D eigenvalue weighted by molar-refractivity contribution is 5.15. The molecule has 0 saturated carbocycles. The van der Waals surface area contributed by atoms with Crippen molar-refractivity contribution in [1.29, 1.82) is 0 Å². The van der Waals surface area contributed by atoms with Crippen LogP contribution < -0.4 is 0 Å². The Morgan fingerprint density at radius 3 is 3.12 bits per heavy atom. The maximum absolute atomic E-state index is 5.38. The molecule has 1 fully saturated rings. The highest BCUT2D eigenvalue weighted by atomic mass is 16.6. The molecule has 1 heterocycles. The van der Waals surface area contributed by atoms with Gasteiger partial charge in [0.1, 0.15) is 6.10 Å². The highest BCUT2D eigenvalue weighted by Gasteiger charge is 2.50. The van der Waals surface area contributed by atoms with Crippen LogP contribution in [0.5, 0.6) is 0 Å². The first-order valence-corrected chi connectivity index (χ1v) is 3.16. The topological polar surface area (TPSA) is 12.5 Å². The summed E-state index contributed by atoms with van der Waals surface area (Å²) in [6.07, 6.45) is 7.26. The average molecular weight is 110 g/mol. The first-order chi connectivity index (χ1) is 3.81. The molecule has 0 radical (unpaired) electrons. The predicted molar refractivity (Wildman–Crippen MR) is 31.7 cm³/mol. The van der Waals surface area contributed by atoms with E-state index in [0.29, 0.717) is 6.10 Å². The number of allylic oxidation sites excluding steroid dienone is 1. The van der Waals surface area contributed by atoms with Crippen molar-refractivity contribution in [3.63, 3.8) is 0 Å². The Morgan fingerprint density at radius 1 is 1.75 bits per heavy atom. The van der Waals surface area contributed by atoms with Gasteiger partial charge in [0, 0.05) is 0 Å². The minimum atomic E-state index is 0.259. The van der Waals surface area contributed by atoms with Crippen LogP contribution in [0, 0.1) is 0 Å². The second-order valence-corrected chi connectivity index (χ2v) is 2.82. The van der Waals surface area contributed by atoms with E-state index < -0.39 is 0 Å². The Bertz CT molecular complexity index is 139. The number of fused-ring (bicyclic) bond motifs is 1. The summed E-state index contributed by atoms with van der Waals surface area (Å²) in [7, 11) is 0. The van der Waals surface area contributed by atoms with E-state index in [0.717, 1.165) is 0 Å². The van der Waals surface area contributed by atoms with Gasteiger partial charge in [-0.1, -0.05) is 12.2 Å². The average Bonchev–Trinajstić information content (AvgIpc) is 2.39. The minimum Gasteiger partial charge on any atom is -0.362 e. The Balaban J connectivity index is 2.20. The van der Waals surface area contributed by atoms with Crippen molar-refractivity contribution in [2.75, 3.05) is 0 Å². The molecule has 0 aromatic carbocycles. The monoisotopic (exact) mass is 110 g/mol. The molecule has 0 aromatic heterocycles. The van der Waals surface area contributed by atoms with Crippen LogP contribution in [0.2, 0.25) is 0 Å². The summed E-state index contributed by atoms with van der Waals surface area (Å²) in [5.41, 5.74) is 0.259. The van der Waals surface area contributed by atoms with E-state index in [-0.39, 0.29) is 5.60 Å². The van der Waals surface area contributed by atoms with Gasteiger partial charge >= 0.3 is 0 Å². The molecule has 1 aliphatic carbocycles. The Kier molecular flexibility index (Phi) is 0.662. The zero-order valence-electron chi connectivity index (χ0n) is 5.05. The van der Waals surface area contributed by atoms with Crippen molar-refractivity contribution >= 4 is 0 Å². The summed E-state index contributed by atoms with van der Waals surface area (Å²) in [6.45, 7) is 2.18. The van der Waals surface area contributed by atoms with Crippen molar-refractivity contribution in [3.05, 3.63) is 12.2 Å². The van der Waals surface area contributed by atoms with Crippen LogP contribution in [0.25, 0.3) is 0 Å². The van der Waals surface area contributed by atoms with Gasteiger partial charge in [0.25, 0.3) is 0 Å². The van der Waals surface area contributed by atoms with E-state index in [1.165, 1.54) is 12.8 Å². The summed E-state index contributed by atoms with van der Waals surface area (Å²) >= 11 is 0. The number of hydrogen-bond donors (Lipinski definition) is 0. The molecule has 0 amide bonds. The molecule has 0 bridgehead atoms. The molecule has 2 aliphatic rings. The lowest BCUT2D eigenvalue weighted by atomic mass is 9.97. The van der Waals surface area contributed by atoms with E-state index in [9.17, 15) is 0 Å². The second kappa shape index (κ2) is 1.16. The van der Waals surface area contributed by atoms with Crippen LogP contribution in [0.3, 0.4) is 0 Å². The van der Waals surface area contributed by atoms with Gasteiger partial charge < -0.3 is 4.74 Å². The van der Waals surface area contributed by atoms with Gasteiger partial charge in [0.2, 0.25) is 0 Å². The summed E-state index contributed by atoms with van der Waals surface area (Å²) in [6, 6.07) is 0. The normalized spacial score (nSPS) is 50.9. The minimum absolute atomic E-state index is 0.259. The first-order valence-electron chi connectivity index (χ1n) is 3.16. The molecule has 0 N–H and O–H groups in total. The van der Waals surface area contributed by atoms with Crippen LogP contribution >= 0.6 is 0 Å². The van der Waals surface area contributed by atoms with Crippen LogP contribution in [0.4, 0.5) is 0 Å². The fourth-order valence-electron chi connectivity index (χ4n) is 1.29. The fraction of sp³-hybridized carbons (Fsp3) is 0.714. The van der Waals surface area contributed by atoms with Crippen LogP contribution in [-0.2, 0) is 4.74 Å². The molecule has 0 unspecified atom stereocenters. The van der Waals surface area contributed by atoms with Crippen molar-refractivity contribution in [3.8, 4) is 0 Å². The maximum atomic E-state index is 5.38. The fourth-order valence-corrected chi connectivity index (χ4v) is 1.29. The Morgan fingerprint density at radius 2 is 2.62 bits per heavy atom. The predicted octanol–water partition coefficient (Wildman–Crippen LogP) is 1.49. The number of hydrogen-bond acceptors (Lipinski definition) is 1. The van der Waals surface area contributed by atoms with Gasteiger partial charge in [-0.05, 0) is 19.8 Å². The second-order valence-electron chi connectivity index (χ2n) is 2.82. The lowest BCUT2D eigenvalue weighted by Gasteiger charge is -2.04. The molecule has 44 valence electrons. The van der Waals surface area contributed by atoms with Crippen LogP contribution in [-0.4, -0.2) is 11.7 Å². The maximum Gasteiger partial charge on any atom is 0.105 e. The Hall–Kier alpha value is -0.300. The molecule has 1 heteroatoms. The summed E-state index contributed by atoms with van der Waals surface area (Å²) in [4.78, 5) is 0. The first kappa shape index (κ1) is 4.57. The van der Waals surface area contributed by atoms with Gasteiger partial charge in [-0.3, -0.25) is 0 Å². The zero-order chi connectivity index (χ0) is 5.61. The largest absolute Gasteiger partial charge is 0.362 e. The van der Waals surface area contributed by atoms with Gasteiger partial charge in [-0.25, -0.2) is 0 Å². The van der Waals surface area contributed by atoms with Crippen molar-refractivity contribution in [2.45, 2.75) is 31.5 Å². The highest BCUT2D eigenvalue weighted by Crippen LogP contribution is 2.43. The molecule has 2 rings (SSSR count).